The minimum absolute atomic E-state index is 0.297. The van der Waals surface area contributed by atoms with Crippen LogP contribution in [0.4, 0.5) is 5.69 Å². The molecule has 1 heterocycles. The number of carbonyl (C=O) groups excluding carboxylic acids is 2. The summed E-state index contributed by atoms with van der Waals surface area (Å²) in [6.07, 6.45) is 0.564. The number of H-pyrrole nitrogens is 1. The van der Waals surface area contributed by atoms with Crippen LogP contribution < -0.4 is 10.1 Å². The fourth-order valence-electron chi connectivity index (χ4n) is 3.28. The predicted molar refractivity (Wildman–Crippen MR) is 116 cm³/mol. The van der Waals surface area contributed by atoms with Gasteiger partial charge in [-0.25, -0.2) is 4.79 Å². The second-order valence-corrected chi connectivity index (χ2v) is 6.91. The maximum Gasteiger partial charge on any atom is 0.339 e. The van der Waals surface area contributed by atoms with Crippen LogP contribution in [-0.4, -0.2) is 24.0 Å². The Bertz CT molecular complexity index is 1160. The Labute approximate surface area is 180 Å². The molecule has 0 radical (unpaired) electrons. The molecule has 3 rings (SSSR count). The number of rotatable bonds is 7. The molecule has 3 aromatic rings. The topological polar surface area (TPSA) is 104 Å². The van der Waals surface area contributed by atoms with Crippen molar-refractivity contribution >= 4 is 17.6 Å². The van der Waals surface area contributed by atoms with Crippen LogP contribution in [0.2, 0.25) is 0 Å². The summed E-state index contributed by atoms with van der Waals surface area (Å²) in [5.74, 6) is -0.255. The van der Waals surface area contributed by atoms with Crippen molar-refractivity contribution in [3.8, 4) is 11.8 Å². The largest absolute Gasteiger partial charge is 0.489 e. The maximum atomic E-state index is 12.8. The van der Waals surface area contributed by atoms with Gasteiger partial charge in [-0.15, -0.1) is 0 Å². The molecule has 0 aliphatic carbocycles. The first-order valence-corrected chi connectivity index (χ1v) is 9.79. The lowest BCUT2D eigenvalue weighted by molar-refractivity contribution is 0.0599. The summed E-state index contributed by atoms with van der Waals surface area (Å²) in [5, 5.41) is 11.8. The van der Waals surface area contributed by atoms with Gasteiger partial charge in [0.25, 0.3) is 5.91 Å². The zero-order chi connectivity index (χ0) is 22.4. The van der Waals surface area contributed by atoms with Gasteiger partial charge in [0.1, 0.15) is 18.1 Å². The zero-order valence-corrected chi connectivity index (χ0v) is 17.6. The molecule has 158 valence electrons. The van der Waals surface area contributed by atoms with Gasteiger partial charge in [-0.05, 0) is 48.7 Å². The lowest BCUT2D eigenvalue weighted by atomic mass is 10.1. The summed E-state index contributed by atoms with van der Waals surface area (Å²) in [6, 6.07) is 16.3. The smallest absolute Gasteiger partial charge is 0.339 e. The number of carbonyl (C=O) groups is 2. The summed E-state index contributed by atoms with van der Waals surface area (Å²) in [5.41, 5.74) is 3.92. The molecule has 2 aromatic carbocycles. The van der Waals surface area contributed by atoms with Crippen molar-refractivity contribution in [2.75, 3.05) is 12.4 Å². The number of methoxy groups -OCH3 is 1. The van der Waals surface area contributed by atoms with E-state index >= 15 is 0 Å². The number of anilines is 1. The van der Waals surface area contributed by atoms with E-state index in [1.54, 1.807) is 49.4 Å². The molecule has 0 saturated heterocycles. The van der Waals surface area contributed by atoms with Crippen molar-refractivity contribution in [2.24, 2.45) is 0 Å². The van der Waals surface area contributed by atoms with E-state index in [0.29, 0.717) is 52.5 Å². The highest BCUT2D eigenvalue weighted by Gasteiger charge is 2.23. The molecular formula is C24H23N3O4. The Kier molecular flexibility index (Phi) is 6.73. The van der Waals surface area contributed by atoms with Gasteiger partial charge in [0.05, 0.1) is 24.3 Å². The van der Waals surface area contributed by atoms with E-state index in [1.807, 2.05) is 13.0 Å². The standard InChI is InChI=1S/C24H23N3O4/c1-4-20-21(24(29)30-3)15(2)22(27-20)23(28)26-18-9-6-10-19(12-18)31-14-17-8-5-7-16(11-17)13-25/h5-12,27H,4,14H2,1-3H3,(H,26,28). The first-order chi connectivity index (χ1) is 15.0. The van der Waals surface area contributed by atoms with Crippen LogP contribution in [0.1, 0.15) is 50.2 Å². The molecule has 0 aliphatic rings. The van der Waals surface area contributed by atoms with Crippen LogP contribution in [0.15, 0.2) is 48.5 Å². The Morgan fingerprint density at radius 3 is 2.65 bits per heavy atom. The highest BCUT2D eigenvalue weighted by atomic mass is 16.5. The van der Waals surface area contributed by atoms with E-state index in [0.717, 1.165) is 5.56 Å². The number of hydrogen-bond acceptors (Lipinski definition) is 5. The molecule has 0 fully saturated rings. The molecule has 7 nitrogen and oxygen atoms in total. The molecule has 7 heteroatoms. The number of esters is 1. The number of aromatic amines is 1. The van der Waals surface area contributed by atoms with E-state index in [-0.39, 0.29) is 5.91 Å². The van der Waals surface area contributed by atoms with Crippen LogP contribution in [0.3, 0.4) is 0 Å². The van der Waals surface area contributed by atoms with Crippen LogP contribution >= 0.6 is 0 Å². The fraction of sp³-hybridized carbons (Fsp3) is 0.208. The SMILES string of the molecule is CCc1[nH]c(C(=O)Nc2cccc(OCc3cccc(C#N)c3)c2)c(C)c1C(=O)OC. The molecule has 0 atom stereocenters. The first-order valence-electron chi connectivity index (χ1n) is 9.79. The third kappa shape index (κ3) is 4.93. The number of nitriles is 1. The third-order valence-electron chi connectivity index (χ3n) is 4.85. The van der Waals surface area contributed by atoms with E-state index < -0.39 is 5.97 Å². The average Bonchev–Trinajstić information content (AvgIpc) is 3.14. The van der Waals surface area contributed by atoms with Gasteiger partial charge in [0, 0.05) is 17.4 Å². The van der Waals surface area contributed by atoms with Crippen molar-refractivity contribution in [1.29, 1.82) is 5.26 Å². The predicted octanol–water partition coefficient (Wildman–Crippen LogP) is 4.38. The van der Waals surface area contributed by atoms with Crippen LogP contribution in [0, 0.1) is 18.3 Å². The summed E-state index contributed by atoms with van der Waals surface area (Å²) >= 11 is 0. The summed E-state index contributed by atoms with van der Waals surface area (Å²) in [6.45, 7) is 3.91. The van der Waals surface area contributed by atoms with Gasteiger partial charge in [-0.1, -0.05) is 25.1 Å². The van der Waals surface area contributed by atoms with Crippen molar-refractivity contribution in [3.63, 3.8) is 0 Å². The zero-order valence-electron chi connectivity index (χ0n) is 17.6. The van der Waals surface area contributed by atoms with Gasteiger partial charge < -0.3 is 19.8 Å². The lowest BCUT2D eigenvalue weighted by Crippen LogP contribution is -2.14. The van der Waals surface area contributed by atoms with Crippen molar-refractivity contribution in [3.05, 3.63) is 82.2 Å². The molecule has 2 N–H and O–H groups in total. The molecule has 0 bridgehead atoms. The first kappa shape index (κ1) is 21.7. The number of aromatic nitrogens is 1. The number of nitrogens with one attached hydrogen (secondary N) is 2. The quantitative estimate of drug-likeness (QED) is 0.555. The maximum absolute atomic E-state index is 12.8. The highest BCUT2D eigenvalue weighted by Crippen LogP contribution is 2.23. The Balaban J connectivity index is 1.73. The van der Waals surface area contributed by atoms with E-state index in [2.05, 4.69) is 16.4 Å². The number of nitrogens with zero attached hydrogens (tertiary/aromatic N) is 1. The second-order valence-electron chi connectivity index (χ2n) is 6.91. The molecule has 0 unspecified atom stereocenters. The van der Waals surface area contributed by atoms with E-state index in [9.17, 15) is 9.59 Å². The van der Waals surface area contributed by atoms with Crippen molar-refractivity contribution in [1.82, 2.24) is 4.98 Å². The van der Waals surface area contributed by atoms with Crippen molar-refractivity contribution in [2.45, 2.75) is 26.9 Å². The van der Waals surface area contributed by atoms with E-state index in [4.69, 9.17) is 14.7 Å². The van der Waals surface area contributed by atoms with Crippen LogP contribution in [0.5, 0.6) is 5.75 Å². The fourth-order valence-corrected chi connectivity index (χ4v) is 3.28. The number of aryl methyl sites for hydroxylation is 1. The van der Waals surface area contributed by atoms with Crippen LogP contribution in [-0.2, 0) is 17.8 Å². The summed E-state index contributed by atoms with van der Waals surface area (Å²) in [4.78, 5) is 27.9. The number of benzene rings is 2. The molecule has 1 aromatic heterocycles. The lowest BCUT2D eigenvalue weighted by Gasteiger charge is -2.10. The van der Waals surface area contributed by atoms with Gasteiger partial charge in [0.2, 0.25) is 0 Å². The summed E-state index contributed by atoms with van der Waals surface area (Å²) in [7, 11) is 1.32. The van der Waals surface area contributed by atoms with Gasteiger partial charge in [0.15, 0.2) is 0 Å². The van der Waals surface area contributed by atoms with Gasteiger partial charge in [-0.2, -0.15) is 5.26 Å². The average molecular weight is 417 g/mol. The Morgan fingerprint density at radius 2 is 1.94 bits per heavy atom. The molecular weight excluding hydrogens is 394 g/mol. The number of ether oxygens (including phenoxy) is 2. The normalized spacial score (nSPS) is 10.3. The molecule has 31 heavy (non-hydrogen) atoms. The third-order valence-corrected chi connectivity index (χ3v) is 4.85. The number of hydrogen-bond donors (Lipinski definition) is 2. The Hall–Kier alpha value is -4.05. The highest BCUT2D eigenvalue weighted by molar-refractivity contribution is 6.06. The van der Waals surface area contributed by atoms with Crippen molar-refractivity contribution < 1.29 is 19.1 Å². The van der Waals surface area contributed by atoms with E-state index in [1.165, 1.54) is 7.11 Å². The molecule has 0 saturated carbocycles. The molecule has 0 spiro atoms. The van der Waals surface area contributed by atoms with Gasteiger partial charge in [-0.3, -0.25) is 4.79 Å². The summed E-state index contributed by atoms with van der Waals surface area (Å²) < 4.78 is 10.6. The molecule has 0 aliphatic heterocycles. The monoisotopic (exact) mass is 417 g/mol. The number of amides is 1. The minimum Gasteiger partial charge on any atom is -0.489 e. The second kappa shape index (κ2) is 9.63. The molecule has 1 amide bonds. The Morgan fingerprint density at radius 1 is 1.16 bits per heavy atom. The van der Waals surface area contributed by atoms with Crippen LogP contribution in [0.25, 0.3) is 0 Å². The van der Waals surface area contributed by atoms with Gasteiger partial charge >= 0.3 is 5.97 Å². The minimum atomic E-state index is -0.472.